The van der Waals surface area contributed by atoms with Crippen LogP contribution in [0.2, 0.25) is 0 Å². The number of rotatable bonds is 4. The lowest BCUT2D eigenvalue weighted by atomic mass is 10.0. The van der Waals surface area contributed by atoms with Crippen molar-refractivity contribution < 1.29 is 0 Å². The topological polar surface area (TPSA) is 32.5 Å². The first kappa shape index (κ1) is 13.1. The van der Waals surface area contributed by atoms with Gasteiger partial charge in [0.1, 0.15) is 0 Å². The van der Waals surface area contributed by atoms with Gasteiger partial charge in [-0.25, -0.2) is 0 Å². The summed E-state index contributed by atoms with van der Waals surface area (Å²) in [5.41, 5.74) is 7.41. The van der Waals surface area contributed by atoms with Crippen molar-refractivity contribution in [1.82, 2.24) is 9.80 Å². The van der Waals surface area contributed by atoms with Crippen molar-refractivity contribution in [2.75, 3.05) is 32.7 Å². The third-order valence-corrected chi connectivity index (χ3v) is 4.64. The van der Waals surface area contributed by atoms with E-state index in [0.717, 1.165) is 19.6 Å². The predicted octanol–water partition coefficient (Wildman–Crippen LogP) is 1.54. The molecule has 2 fully saturated rings. The fourth-order valence-corrected chi connectivity index (χ4v) is 3.63. The van der Waals surface area contributed by atoms with Crippen molar-refractivity contribution in [3.8, 4) is 0 Å². The third-order valence-electron chi connectivity index (χ3n) is 4.64. The molecule has 0 saturated carbocycles. The zero-order valence-electron chi connectivity index (χ0n) is 11.7. The molecular weight excluding hydrogens is 234 g/mol. The van der Waals surface area contributed by atoms with Crippen LogP contribution in [0.4, 0.5) is 0 Å². The van der Waals surface area contributed by atoms with E-state index < -0.39 is 0 Å². The Morgan fingerprint density at radius 1 is 1.05 bits per heavy atom. The first-order valence-electron chi connectivity index (χ1n) is 7.57. The molecule has 2 aliphatic heterocycles. The zero-order chi connectivity index (χ0) is 13.1. The van der Waals surface area contributed by atoms with Crippen LogP contribution in [-0.4, -0.2) is 48.6 Å². The number of hydrogen-bond acceptors (Lipinski definition) is 3. The van der Waals surface area contributed by atoms with Crippen LogP contribution in [-0.2, 0) is 6.54 Å². The highest BCUT2D eigenvalue weighted by molar-refractivity contribution is 5.15. The lowest BCUT2D eigenvalue weighted by Gasteiger charge is -2.27. The van der Waals surface area contributed by atoms with Crippen molar-refractivity contribution in [1.29, 1.82) is 0 Å². The summed E-state index contributed by atoms with van der Waals surface area (Å²) in [5.74, 6) is 0.654. The normalized spacial score (nSPS) is 29.1. The van der Waals surface area contributed by atoms with E-state index in [9.17, 15) is 0 Å². The molecule has 0 aliphatic carbocycles. The Morgan fingerprint density at radius 2 is 1.79 bits per heavy atom. The molecule has 1 aromatic carbocycles. The molecule has 2 atom stereocenters. The summed E-state index contributed by atoms with van der Waals surface area (Å²) in [7, 11) is 0. The van der Waals surface area contributed by atoms with Crippen LogP contribution in [0.1, 0.15) is 18.4 Å². The maximum atomic E-state index is 5.99. The first-order chi connectivity index (χ1) is 9.36. The van der Waals surface area contributed by atoms with E-state index in [2.05, 4.69) is 40.1 Å². The Labute approximate surface area is 116 Å². The number of likely N-dealkylation sites (tertiary alicyclic amines) is 2. The minimum Gasteiger partial charge on any atom is -0.330 e. The number of benzene rings is 1. The summed E-state index contributed by atoms with van der Waals surface area (Å²) >= 11 is 0. The number of nitrogens with two attached hydrogens (primary N) is 1. The van der Waals surface area contributed by atoms with E-state index in [1.165, 1.54) is 38.0 Å². The molecule has 2 N–H and O–H groups in total. The smallest absolute Gasteiger partial charge is 0.0275 e. The van der Waals surface area contributed by atoms with E-state index in [4.69, 9.17) is 5.73 Å². The van der Waals surface area contributed by atoms with Gasteiger partial charge in [-0.05, 0) is 38.0 Å². The molecule has 19 heavy (non-hydrogen) atoms. The molecule has 3 rings (SSSR count). The zero-order valence-corrected chi connectivity index (χ0v) is 11.7. The quantitative estimate of drug-likeness (QED) is 0.890. The highest BCUT2D eigenvalue weighted by Gasteiger charge is 2.36. The highest BCUT2D eigenvalue weighted by Crippen LogP contribution is 2.25. The van der Waals surface area contributed by atoms with Crippen molar-refractivity contribution in [3.63, 3.8) is 0 Å². The van der Waals surface area contributed by atoms with Gasteiger partial charge in [0.15, 0.2) is 0 Å². The molecule has 0 spiro atoms. The Morgan fingerprint density at radius 3 is 2.47 bits per heavy atom. The molecule has 2 aliphatic rings. The van der Waals surface area contributed by atoms with Crippen molar-refractivity contribution in [3.05, 3.63) is 35.9 Å². The fourth-order valence-electron chi connectivity index (χ4n) is 3.63. The fraction of sp³-hybridized carbons (Fsp3) is 0.625. The van der Waals surface area contributed by atoms with Crippen molar-refractivity contribution >= 4 is 0 Å². The molecular formula is C16H25N3. The van der Waals surface area contributed by atoms with Gasteiger partial charge >= 0.3 is 0 Å². The summed E-state index contributed by atoms with van der Waals surface area (Å²) < 4.78 is 0. The van der Waals surface area contributed by atoms with Crippen LogP contribution in [0.15, 0.2) is 30.3 Å². The first-order valence-corrected chi connectivity index (χ1v) is 7.57. The second-order valence-electron chi connectivity index (χ2n) is 5.99. The van der Waals surface area contributed by atoms with E-state index in [-0.39, 0.29) is 0 Å². The van der Waals surface area contributed by atoms with Crippen molar-refractivity contribution in [2.45, 2.75) is 25.4 Å². The predicted molar refractivity (Wildman–Crippen MR) is 78.9 cm³/mol. The van der Waals surface area contributed by atoms with Gasteiger partial charge in [-0.2, -0.15) is 0 Å². The molecule has 2 unspecified atom stereocenters. The Balaban J connectivity index is 1.62. The van der Waals surface area contributed by atoms with Crippen LogP contribution >= 0.6 is 0 Å². The minimum atomic E-state index is 0.654. The van der Waals surface area contributed by atoms with Gasteiger partial charge in [-0.15, -0.1) is 0 Å². The standard InChI is InChI=1S/C16H25N3/c17-10-15-12-18(11-14-6-2-1-3-7-14)13-16(15)19-8-4-5-9-19/h1-3,6-7,15-16H,4-5,8-13,17H2. The van der Waals surface area contributed by atoms with Crippen LogP contribution in [0.25, 0.3) is 0 Å². The van der Waals surface area contributed by atoms with Gasteiger partial charge in [0, 0.05) is 31.6 Å². The minimum absolute atomic E-state index is 0.654. The Hall–Kier alpha value is -0.900. The van der Waals surface area contributed by atoms with Crippen LogP contribution in [0.5, 0.6) is 0 Å². The molecule has 3 nitrogen and oxygen atoms in total. The van der Waals surface area contributed by atoms with E-state index in [0.29, 0.717) is 12.0 Å². The lowest BCUT2D eigenvalue weighted by Crippen LogP contribution is -2.41. The van der Waals surface area contributed by atoms with Gasteiger partial charge in [0.2, 0.25) is 0 Å². The lowest BCUT2D eigenvalue weighted by molar-refractivity contribution is 0.206. The molecule has 1 aromatic rings. The molecule has 0 aromatic heterocycles. The summed E-state index contributed by atoms with van der Waals surface area (Å²) in [5, 5.41) is 0. The van der Waals surface area contributed by atoms with E-state index >= 15 is 0 Å². The monoisotopic (exact) mass is 259 g/mol. The summed E-state index contributed by atoms with van der Waals surface area (Å²) in [6.45, 7) is 6.80. The molecule has 104 valence electrons. The SMILES string of the molecule is NCC1CN(Cc2ccccc2)CC1N1CCCC1. The van der Waals surface area contributed by atoms with Crippen LogP contribution in [0, 0.1) is 5.92 Å². The maximum Gasteiger partial charge on any atom is 0.0275 e. The summed E-state index contributed by atoms with van der Waals surface area (Å²) in [6.07, 6.45) is 2.74. The van der Waals surface area contributed by atoms with E-state index in [1.54, 1.807) is 0 Å². The molecule has 2 heterocycles. The Bertz CT molecular complexity index is 386. The molecule has 0 amide bonds. The van der Waals surface area contributed by atoms with Crippen LogP contribution < -0.4 is 5.73 Å². The highest BCUT2D eigenvalue weighted by atomic mass is 15.3. The average molecular weight is 259 g/mol. The second kappa shape index (κ2) is 6.04. The average Bonchev–Trinajstić information content (AvgIpc) is 3.08. The van der Waals surface area contributed by atoms with Gasteiger partial charge in [0.05, 0.1) is 0 Å². The van der Waals surface area contributed by atoms with Gasteiger partial charge in [-0.1, -0.05) is 30.3 Å². The van der Waals surface area contributed by atoms with Crippen molar-refractivity contribution in [2.24, 2.45) is 11.7 Å². The maximum absolute atomic E-state index is 5.99. The van der Waals surface area contributed by atoms with Gasteiger partial charge < -0.3 is 5.73 Å². The summed E-state index contributed by atoms with van der Waals surface area (Å²) in [4.78, 5) is 5.25. The second-order valence-corrected chi connectivity index (χ2v) is 5.99. The molecule has 2 saturated heterocycles. The number of hydrogen-bond donors (Lipinski definition) is 1. The largest absolute Gasteiger partial charge is 0.330 e. The molecule has 0 bridgehead atoms. The molecule has 0 radical (unpaired) electrons. The molecule has 3 heteroatoms. The van der Waals surface area contributed by atoms with Gasteiger partial charge in [-0.3, -0.25) is 9.80 Å². The van der Waals surface area contributed by atoms with Crippen LogP contribution in [0.3, 0.4) is 0 Å². The summed E-state index contributed by atoms with van der Waals surface area (Å²) in [6, 6.07) is 11.5. The number of nitrogens with zero attached hydrogens (tertiary/aromatic N) is 2. The van der Waals surface area contributed by atoms with Gasteiger partial charge in [0.25, 0.3) is 0 Å². The Kier molecular flexibility index (Phi) is 4.16. The van der Waals surface area contributed by atoms with E-state index in [1.807, 2.05) is 0 Å². The third kappa shape index (κ3) is 2.99.